The molecule has 1 aliphatic rings. The molecule has 2 heterocycles. The standard InChI is InChI=1S/C73H102N12O14S/c1-44(2)19-16-20-46(5)21-17-22-47(6)33-36-100-43-60(73(98)99-8)83-65(90)48(7)78-70(95)61-28-18-35-85(61)72(97)59(40-63(88)89)82-69(94)58(39-51-41-76-55-26-13-12-25-53(51)55)80-68(93)57(38-49-23-10-9-11-24-49)81-71(96)64(45(3)4)84-62(87)42-77-67(92)56(27-14-15-34-74)79-66(91)54(75)37-50-29-31-52(86)32-30-50/h9-13,19,21,23-26,29-33,41,45,48,54,56-61,64,76,86H,14-18,20,22,27-28,34-40,42-43,74-75H2,1-8H3,(H,77,92)(H,78,95)(H,79,91)(H,80,93)(H,81,96)(H,82,94)(H,83,90)(H,84,87)(H,88,89)/b46-21-,47-33-/t48-,54-,56-,57-,58-,59-,60-,61-,64-/m0/s1. The summed E-state index contributed by atoms with van der Waals surface area (Å²) in [5, 5.41) is 41.8. The van der Waals surface area contributed by atoms with Crippen molar-refractivity contribution in [3.63, 3.8) is 0 Å². The summed E-state index contributed by atoms with van der Waals surface area (Å²) in [6.07, 6.45) is 12.3. The number of nitrogens with one attached hydrogen (secondary N) is 9. The predicted octanol–water partition coefficient (Wildman–Crippen LogP) is 4.33. The van der Waals surface area contributed by atoms with Crippen molar-refractivity contribution in [2.24, 2.45) is 17.4 Å². The minimum atomic E-state index is -1.79. The summed E-state index contributed by atoms with van der Waals surface area (Å²) in [5.41, 5.74) is 18.2. The summed E-state index contributed by atoms with van der Waals surface area (Å²) < 4.78 is 4.99. The first-order chi connectivity index (χ1) is 47.7. The number of allylic oxidation sites excluding steroid dienone is 5. The van der Waals surface area contributed by atoms with E-state index in [1.165, 1.54) is 54.6 Å². The Balaban J connectivity index is 1.28. The molecule has 0 bridgehead atoms. The maximum atomic E-state index is 14.9. The number of carbonyl (C=O) groups excluding carboxylic acids is 10. The van der Waals surface area contributed by atoms with Crippen LogP contribution in [-0.4, -0.2) is 178 Å². The van der Waals surface area contributed by atoms with Crippen LogP contribution in [0.2, 0.25) is 0 Å². The fraction of sp³-hybridized carbons (Fsp3) is 0.493. The number of aromatic amines is 1. The molecule has 5 rings (SSSR count). The number of H-pyrrole nitrogens is 1. The number of thioether (sulfide) groups is 1. The predicted molar refractivity (Wildman–Crippen MR) is 384 cm³/mol. The van der Waals surface area contributed by atoms with Crippen LogP contribution in [0.25, 0.3) is 10.9 Å². The highest BCUT2D eigenvalue weighted by molar-refractivity contribution is 7.99. The molecule has 1 aliphatic heterocycles. The number of carboxylic acid groups (broad SMARTS) is 1. The lowest BCUT2D eigenvalue weighted by atomic mass is 9.99. The van der Waals surface area contributed by atoms with Crippen LogP contribution in [0.4, 0.5) is 0 Å². The number of hydrogen-bond donors (Lipinski definition) is 13. The summed E-state index contributed by atoms with van der Waals surface area (Å²) in [6, 6.07) is 10.2. The highest BCUT2D eigenvalue weighted by Gasteiger charge is 2.41. The number of aliphatic carboxylic acids is 1. The SMILES string of the molecule is COC(=O)[C@H](CSC/C=C(/C)CC/C=C(/C)CCC=C(C)C)NC(=O)[C@H](C)NC(=O)[C@@H]1CCCN1C(=O)[C@H](CC(=O)O)NC(=O)[C@H](Cc1c[nH]c2ccccc12)NC(=O)[C@H](Cc1ccccc1)NC(=O)[C@@H](NC(=O)CNC(=O)[C@H](CCCCN)NC(=O)[C@@H](N)Cc1ccc(O)cc1)C(C)C. The molecule has 9 atom stereocenters. The minimum Gasteiger partial charge on any atom is -0.508 e. The highest BCUT2D eigenvalue weighted by Crippen LogP contribution is 2.23. The van der Waals surface area contributed by atoms with E-state index in [-0.39, 0.29) is 50.2 Å². The van der Waals surface area contributed by atoms with Gasteiger partial charge in [0, 0.05) is 48.0 Å². The zero-order chi connectivity index (χ0) is 73.4. The Morgan fingerprint density at radius 2 is 1.28 bits per heavy atom. The maximum Gasteiger partial charge on any atom is 0.329 e. The molecule has 9 amide bonds. The fourth-order valence-electron chi connectivity index (χ4n) is 11.3. The van der Waals surface area contributed by atoms with Crippen LogP contribution in [-0.2, 0) is 76.7 Å². The molecule has 0 spiro atoms. The van der Waals surface area contributed by atoms with Crippen LogP contribution in [0.15, 0.2) is 120 Å². The van der Waals surface area contributed by atoms with Crippen molar-refractivity contribution >= 4 is 87.8 Å². The number of para-hydroxylation sites is 1. The van der Waals surface area contributed by atoms with Gasteiger partial charge in [-0.05, 0) is 146 Å². The first-order valence-corrected chi connectivity index (χ1v) is 35.2. The molecule has 100 heavy (non-hydrogen) atoms. The van der Waals surface area contributed by atoms with E-state index in [0.29, 0.717) is 59.2 Å². The molecule has 26 nitrogen and oxygen atoms in total. The number of fused-ring (bicyclic) bond motifs is 1. The zero-order valence-electron chi connectivity index (χ0n) is 58.6. The number of methoxy groups -OCH3 is 1. The summed E-state index contributed by atoms with van der Waals surface area (Å²) in [7, 11) is 1.20. The van der Waals surface area contributed by atoms with Gasteiger partial charge in [0.15, 0.2) is 0 Å². The number of ether oxygens (including phenoxy) is 1. The van der Waals surface area contributed by atoms with Gasteiger partial charge in [0.1, 0.15) is 54.1 Å². The van der Waals surface area contributed by atoms with Crippen molar-refractivity contribution in [3.8, 4) is 5.75 Å². The fourth-order valence-corrected chi connectivity index (χ4v) is 12.2. The Morgan fingerprint density at radius 1 is 0.670 bits per heavy atom. The quantitative estimate of drug-likeness (QED) is 0.0167. The lowest BCUT2D eigenvalue weighted by molar-refractivity contribution is -0.146. The second-order valence-electron chi connectivity index (χ2n) is 25.9. The molecule has 1 saturated heterocycles. The average molecular weight is 1400 g/mol. The van der Waals surface area contributed by atoms with Crippen molar-refractivity contribution in [1.29, 1.82) is 0 Å². The summed E-state index contributed by atoms with van der Waals surface area (Å²) in [4.78, 5) is 157. The number of unbranched alkanes of at least 4 members (excludes halogenated alkanes) is 1. The lowest BCUT2D eigenvalue weighted by Crippen LogP contribution is -2.61. The van der Waals surface area contributed by atoms with E-state index in [1.807, 2.05) is 6.92 Å². The van der Waals surface area contributed by atoms with Crippen LogP contribution in [0.1, 0.15) is 129 Å². The molecule has 544 valence electrons. The van der Waals surface area contributed by atoms with Crippen LogP contribution in [0.3, 0.4) is 0 Å². The van der Waals surface area contributed by atoms with Crippen LogP contribution in [0, 0.1) is 5.92 Å². The number of likely N-dealkylation sites (tertiary alicyclic amines) is 1. The molecule has 0 unspecified atom stereocenters. The molecule has 27 heteroatoms. The molecular formula is C73H102N12O14S. The molecule has 0 radical (unpaired) electrons. The van der Waals surface area contributed by atoms with Gasteiger partial charge in [-0.2, -0.15) is 11.8 Å². The Hall–Kier alpha value is -9.34. The van der Waals surface area contributed by atoms with Crippen molar-refractivity contribution in [2.75, 3.05) is 38.2 Å². The van der Waals surface area contributed by atoms with Crippen LogP contribution >= 0.6 is 11.8 Å². The number of nitrogens with zero attached hydrogens (tertiary/aromatic N) is 1. The number of rotatable bonds is 41. The lowest BCUT2D eigenvalue weighted by Gasteiger charge is -2.30. The van der Waals surface area contributed by atoms with Crippen molar-refractivity contribution in [3.05, 3.63) is 137 Å². The van der Waals surface area contributed by atoms with Gasteiger partial charge in [0.25, 0.3) is 0 Å². The van der Waals surface area contributed by atoms with Gasteiger partial charge in [-0.15, -0.1) is 0 Å². The average Bonchev–Trinajstić information content (AvgIpc) is 1.62. The van der Waals surface area contributed by atoms with E-state index >= 15 is 0 Å². The third-order valence-corrected chi connectivity index (χ3v) is 18.0. The Bertz CT molecular complexity index is 3520. The van der Waals surface area contributed by atoms with Gasteiger partial charge in [-0.25, -0.2) is 4.79 Å². The number of carbonyl (C=O) groups is 11. The van der Waals surface area contributed by atoms with Crippen molar-refractivity contribution in [2.45, 2.75) is 186 Å². The highest BCUT2D eigenvalue weighted by atomic mass is 32.2. The molecule has 3 aromatic carbocycles. The maximum absolute atomic E-state index is 14.9. The normalized spacial score (nSPS) is 15.5. The first kappa shape index (κ1) is 81.3. The first-order valence-electron chi connectivity index (χ1n) is 34.0. The van der Waals surface area contributed by atoms with Gasteiger partial charge in [0.2, 0.25) is 53.2 Å². The Kier molecular flexibility index (Phi) is 34.1. The molecule has 1 aromatic heterocycles. The van der Waals surface area contributed by atoms with Crippen molar-refractivity contribution in [1.82, 2.24) is 52.4 Å². The summed E-state index contributed by atoms with van der Waals surface area (Å²) >= 11 is 1.42. The smallest absolute Gasteiger partial charge is 0.329 e. The number of aromatic nitrogens is 1. The second kappa shape index (κ2) is 41.9. The summed E-state index contributed by atoms with van der Waals surface area (Å²) in [6.45, 7) is 12.7. The number of aromatic hydroxyl groups is 1. The molecule has 15 N–H and O–H groups in total. The van der Waals surface area contributed by atoms with Crippen LogP contribution in [0.5, 0.6) is 5.75 Å². The van der Waals surface area contributed by atoms with Gasteiger partial charge in [-0.3, -0.25) is 47.9 Å². The molecule has 0 aliphatic carbocycles. The number of esters is 1. The Labute approximate surface area is 589 Å². The van der Waals surface area contributed by atoms with Gasteiger partial charge >= 0.3 is 11.9 Å². The Morgan fingerprint density at radius 3 is 1.94 bits per heavy atom. The number of phenolic OH excluding ortho intramolecular Hbond substituents is 1. The molecule has 1 fully saturated rings. The van der Waals surface area contributed by atoms with E-state index < -0.39 is 138 Å². The van der Waals surface area contributed by atoms with E-state index in [2.05, 4.69) is 86.5 Å². The third kappa shape index (κ3) is 27.4. The summed E-state index contributed by atoms with van der Waals surface area (Å²) in [5.74, 6) is -9.18. The number of amides is 9. The van der Waals surface area contributed by atoms with E-state index in [0.717, 1.165) is 30.6 Å². The van der Waals surface area contributed by atoms with E-state index in [1.54, 1.807) is 86.8 Å². The van der Waals surface area contributed by atoms with Crippen LogP contribution < -0.4 is 54.0 Å². The van der Waals surface area contributed by atoms with E-state index in [4.69, 9.17) is 16.2 Å². The topological polar surface area (TPSA) is 405 Å². The number of hydrogen-bond acceptors (Lipinski definition) is 16. The second-order valence-corrected chi connectivity index (χ2v) is 26.9. The van der Waals surface area contributed by atoms with Gasteiger partial charge < -0.3 is 78.8 Å². The number of benzene rings is 3. The zero-order valence-corrected chi connectivity index (χ0v) is 59.4. The number of phenols is 1. The molecular weight excluding hydrogens is 1300 g/mol. The number of nitrogens with two attached hydrogens (primary N) is 2. The largest absolute Gasteiger partial charge is 0.508 e. The minimum absolute atomic E-state index is 0.0231. The van der Waals surface area contributed by atoms with Gasteiger partial charge in [-0.1, -0.05) is 109 Å². The molecule has 4 aromatic rings. The van der Waals surface area contributed by atoms with E-state index in [9.17, 15) is 63.0 Å². The van der Waals surface area contributed by atoms with Crippen molar-refractivity contribution < 1.29 is 67.7 Å². The van der Waals surface area contributed by atoms with Gasteiger partial charge in [0.05, 0.1) is 26.1 Å². The molecule has 0 saturated carbocycles. The third-order valence-electron chi connectivity index (χ3n) is 17.0. The monoisotopic (exact) mass is 1400 g/mol. The number of carboxylic acids is 1.